The summed E-state index contributed by atoms with van der Waals surface area (Å²) in [5.41, 5.74) is -0.864. The van der Waals surface area contributed by atoms with Crippen LogP contribution in [0.25, 0.3) is 0 Å². The largest absolute Gasteiger partial charge is 0.365 e. The third-order valence-electron chi connectivity index (χ3n) is 1.82. The molecule has 0 radical (unpaired) electrons. The number of isocyanates is 1. The number of amides is 1. The molecule has 4 nitrogen and oxygen atoms in total. The van der Waals surface area contributed by atoms with Gasteiger partial charge in [0.2, 0.25) is 6.08 Å². The van der Waals surface area contributed by atoms with Crippen LogP contribution in [0.15, 0.2) is 4.99 Å². The molecule has 0 N–H and O–H groups in total. The molecule has 0 bridgehead atoms. The van der Waals surface area contributed by atoms with Gasteiger partial charge < -0.3 is 4.74 Å². The smallest absolute Gasteiger partial charge is 0.288 e. The first-order chi connectivity index (χ1) is 5.19. The summed E-state index contributed by atoms with van der Waals surface area (Å²) >= 11 is 0. The molecule has 1 unspecified atom stereocenters. The van der Waals surface area contributed by atoms with Crippen LogP contribution in [0, 0.1) is 0 Å². The van der Waals surface area contributed by atoms with Crippen LogP contribution in [0.2, 0.25) is 0 Å². The Morgan fingerprint density at radius 2 is 2.45 bits per heavy atom. The van der Waals surface area contributed by atoms with Crippen LogP contribution in [0.3, 0.4) is 0 Å². The molecule has 0 spiro atoms. The molecule has 60 valence electrons. The fraction of sp³-hybridized carbons (Fsp3) is 0.714. The van der Waals surface area contributed by atoms with Gasteiger partial charge in [-0.2, -0.15) is 0 Å². The highest BCUT2D eigenvalue weighted by Crippen LogP contribution is 2.25. The normalized spacial score (nSPS) is 29.5. The summed E-state index contributed by atoms with van der Waals surface area (Å²) in [5, 5.41) is 0. The highest BCUT2D eigenvalue weighted by molar-refractivity contribution is 5.89. The van der Waals surface area contributed by atoms with Crippen molar-refractivity contribution in [3.63, 3.8) is 0 Å². The van der Waals surface area contributed by atoms with Gasteiger partial charge in [0.15, 0.2) is 0 Å². The first kappa shape index (κ1) is 8.11. The molecule has 1 aliphatic heterocycles. The van der Waals surface area contributed by atoms with Crippen molar-refractivity contribution in [3.05, 3.63) is 0 Å². The number of ether oxygens (including phenoxy) is 1. The second-order valence-corrected chi connectivity index (χ2v) is 2.69. The molecule has 0 saturated carbocycles. The Hall–Kier alpha value is -0.990. The minimum absolute atomic E-state index is 0.523. The molecular formula is C7H9NO3. The Morgan fingerprint density at radius 1 is 1.73 bits per heavy atom. The van der Waals surface area contributed by atoms with Crippen LogP contribution >= 0.6 is 0 Å². The van der Waals surface area contributed by atoms with E-state index in [1.807, 2.05) is 0 Å². The number of aliphatic imine (C=N–C) groups is 1. The van der Waals surface area contributed by atoms with Gasteiger partial charge in [-0.25, -0.2) is 4.79 Å². The number of nitrogens with zero attached hydrogens (tertiary/aromatic N) is 1. The van der Waals surface area contributed by atoms with Crippen molar-refractivity contribution in [2.45, 2.75) is 25.4 Å². The summed E-state index contributed by atoms with van der Waals surface area (Å²) in [4.78, 5) is 23.8. The van der Waals surface area contributed by atoms with Crippen molar-refractivity contribution in [3.8, 4) is 0 Å². The van der Waals surface area contributed by atoms with Gasteiger partial charge in [-0.15, -0.1) is 4.99 Å². The van der Waals surface area contributed by atoms with Gasteiger partial charge >= 0.3 is 0 Å². The van der Waals surface area contributed by atoms with E-state index in [4.69, 9.17) is 4.74 Å². The predicted octanol–water partition coefficient (Wildman–Crippen LogP) is 0.418. The molecule has 0 aromatic heterocycles. The van der Waals surface area contributed by atoms with Gasteiger partial charge in [-0.3, -0.25) is 4.79 Å². The van der Waals surface area contributed by atoms with Crippen LogP contribution in [0.1, 0.15) is 19.8 Å². The molecule has 1 aliphatic rings. The average Bonchev–Trinajstić information content (AvgIpc) is 2.38. The van der Waals surface area contributed by atoms with Crippen LogP contribution in [-0.4, -0.2) is 24.2 Å². The van der Waals surface area contributed by atoms with E-state index in [2.05, 4.69) is 4.99 Å². The fourth-order valence-electron chi connectivity index (χ4n) is 1.11. The monoisotopic (exact) mass is 155 g/mol. The van der Waals surface area contributed by atoms with Crippen LogP contribution < -0.4 is 0 Å². The Balaban J connectivity index is 2.71. The van der Waals surface area contributed by atoms with Gasteiger partial charge in [0.1, 0.15) is 5.60 Å². The number of carbonyl (C=O) groups is 1. The molecule has 4 heteroatoms. The van der Waals surface area contributed by atoms with Gasteiger partial charge in [-0.1, -0.05) is 0 Å². The van der Waals surface area contributed by atoms with E-state index in [1.165, 1.54) is 6.08 Å². The standard InChI is InChI=1S/C7H9NO3/c1-7(3-2-4-11-7)6(10)8-5-9/h2-4H2,1H3. The quantitative estimate of drug-likeness (QED) is 0.407. The number of carbonyl (C=O) groups excluding carboxylic acids is 2. The maximum Gasteiger partial charge on any atom is 0.288 e. The van der Waals surface area contributed by atoms with Gasteiger partial charge in [0, 0.05) is 6.61 Å². The second kappa shape index (κ2) is 2.95. The first-order valence-electron chi connectivity index (χ1n) is 3.45. The molecule has 1 heterocycles. The first-order valence-corrected chi connectivity index (χ1v) is 3.45. The summed E-state index contributed by atoms with van der Waals surface area (Å²) in [6, 6.07) is 0. The maximum absolute atomic E-state index is 11.0. The lowest BCUT2D eigenvalue weighted by Gasteiger charge is -2.16. The van der Waals surface area contributed by atoms with E-state index in [0.717, 1.165) is 6.42 Å². The SMILES string of the molecule is CC1(C(=O)N=C=O)CCCO1. The third-order valence-corrected chi connectivity index (χ3v) is 1.82. The van der Waals surface area contributed by atoms with Crippen molar-refractivity contribution < 1.29 is 14.3 Å². The molecule has 1 atom stereocenters. The molecular weight excluding hydrogens is 146 g/mol. The fourth-order valence-corrected chi connectivity index (χ4v) is 1.11. The minimum Gasteiger partial charge on any atom is -0.365 e. The number of rotatable bonds is 1. The van der Waals surface area contributed by atoms with Gasteiger partial charge in [-0.05, 0) is 19.8 Å². The van der Waals surface area contributed by atoms with E-state index in [-0.39, 0.29) is 0 Å². The number of hydrogen-bond donors (Lipinski definition) is 0. The van der Waals surface area contributed by atoms with E-state index in [9.17, 15) is 9.59 Å². The van der Waals surface area contributed by atoms with Gasteiger partial charge in [0.05, 0.1) is 0 Å². The molecule has 0 aromatic carbocycles. The zero-order chi connectivity index (χ0) is 8.32. The second-order valence-electron chi connectivity index (χ2n) is 2.69. The Bertz CT molecular complexity index is 212. The van der Waals surface area contributed by atoms with E-state index in [1.54, 1.807) is 6.92 Å². The molecule has 1 fully saturated rings. The molecule has 0 aliphatic carbocycles. The predicted molar refractivity (Wildman–Crippen MR) is 36.7 cm³/mol. The highest BCUT2D eigenvalue weighted by atomic mass is 16.5. The van der Waals surface area contributed by atoms with Crippen molar-refractivity contribution in [2.75, 3.05) is 6.61 Å². The molecule has 11 heavy (non-hydrogen) atoms. The lowest BCUT2D eigenvalue weighted by molar-refractivity contribution is -0.135. The summed E-state index contributed by atoms with van der Waals surface area (Å²) in [7, 11) is 0. The Kier molecular flexibility index (Phi) is 2.17. The maximum atomic E-state index is 11.0. The summed E-state index contributed by atoms with van der Waals surface area (Å²) in [6.07, 6.45) is 2.69. The zero-order valence-corrected chi connectivity index (χ0v) is 6.29. The zero-order valence-electron chi connectivity index (χ0n) is 6.29. The van der Waals surface area contributed by atoms with E-state index < -0.39 is 11.5 Å². The lowest BCUT2D eigenvalue weighted by atomic mass is 10.0. The topological polar surface area (TPSA) is 55.7 Å². The van der Waals surface area contributed by atoms with Crippen molar-refractivity contribution in [1.29, 1.82) is 0 Å². The minimum atomic E-state index is -0.864. The summed E-state index contributed by atoms with van der Waals surface area (Å²) in [5.74, 6) is -0.523. The average molecular weight is 155 g/mol. The molecule has 1 saturated heterocycles. The summed E-state index contributed by atoms with van der Waals surface area (Å²) < 4.78 is 5.13. The van der Waals surface area contributed by atoms with Crippen LogP contribution in [0.5, 0.6) is 0 Å². The lowest BCUT2D eigenvalue weighted by Crippen LogP contribution is -2.32. The third kappa shape index (κ3) is 1.53. The van der Waals surface area contributed by atoms with Crippen molar-refractivity contribution in [2.24, 2.45) is 4.99 Å². The van der Waals surface area contributed by atoms with Crippen molar-refractivity contribution in [1.82, 2.24) is 0 Å². The van der Waals surface area contributed by atoms with E-state index >= 15 is 0 Å². The molecule has 1 rings (SSSR count). The Labute approximate surface area is 64.3 Å². The number of hydrogen-bond acceptors (Lipinski definition) is 3. The van der Waals surface area contributed by atoms with E-state index in [0.29, 0.717) is 13.0 Å². The van der Waals surface area contributed by atoms with Crippen LogP contribution in [0.4, 0.5) is 0 Å². The highest BCUT2D eigenvalue weighted by Gasteiger charge is 2.37. The van der Waals surface area contributed by atoms with Gasteiger partial charge in [0.25, 0.3) is 5.91 Å². The van der Waals surface area contributed by atoms with Crippen molar-refractivity contribution >= 4 is 12.0 Å². The van der Waals surface area contributed by atoms with Crippen LogP contribution in [-0.2, 0) is 14.3 Å². The Morgan fingerprint density at radius 3 is 2.91 bits per heavy atom. The molecule has 0 aromatic rings. The molecule has 1 amide bonds. The summed E-state index contributed by atoms with van der Waals surface area (Å²) in [6.45, 7) is 2.21.